The van der Waals surface area contributed by atoms with Crippen molar-refractivity contribution < 1.29 is 12.8 Å². The van der Waals surface area contributed by atoms with Crippen molar-refractivity contribution in [2.24, 2.45) is 0 Å². The van der Waals surface area contributed by atoms with E-state index in [0.29, 0.717) is 12.0 Å². The van der Waals surface area contributed by atoms with E-state index in [9.17, 15) is 12.8 Å². The van der Waals surface area contributed by atoms with Crippen LogP contribution in [-0.4, -0.2) is 24.5 Å². The average Bonchev–Trinajstić information content (AvgIpc) is 2.96. The molecule has 0 amide bonds. The molecule has 1 aromatic carbocycles. The molecule has 0 bridgehead atoms. The smallest absolute Gasteiger partial charge is 0.240 e. The van der Waals surface area contributed by atoms with Crippen LogP contribution >= 0.6 is 0 Å². The second-order valence-corrected chi connectivity index (χ2v) is 8.05. The first-order valence-corrected chi connectivity index (χ1v) is 10.1. The van der Waals surface area contributed by atoms with Crippen LogP contribution in [0.4, 0.5) is 4.39 Å². The van der Waals surface area contributed by atoms with Gasteiger partial charge in [-0.05, 0) is 61.2 Å². The normalized spacial score (nSPS) is 12.0. The molecule has 0 saturated carbocycles. The van der Waals surface area contributed by atoms with Crippen LogP contribution in [0.25, 0.3) is 11.0 Å². The molecule has 0 fully saturated rings. The SMILES string of the molecule is CCCn1cc(CCNS(=O)(=O)c2ccc(F)c(C)c2)c2cccnc21. The Morgan fingerprint density at radius 2 is 2.08 bits per heavy atom. The van der Waals surface area contributed by atoms with Crippen molar-refractivity contribution >= 4 is 21.1 Å². The first-order chi connectivity index (χ1) is 12.4. The van der Waals surface area contributed by atoms with Crippen LogP contribution in [0.1, 0.15) is 24.5 Å². The second kappa shape index (κ2) is 7.55. The first-order valence-electron chi connectivity index (χ1n) is 8.61. The quantitative estimate of drug-likeness (QED) is 0.688. The van der Waals surface area contributed by atoms with Gasteiger partial charge in [-0.15, -0.1) is 0 Å². The van der Waals surface area contributed by atoms with E-state index in [0.717, 1.165) is 29.6 Å². The number of benzene rings is 1. The van der Waals surface area contributed by atoms with Gasteiger partial charge in [0, 0.05) is 30.9 Å². The number of sulfonamides is 1. The van der Waals surface area contributed by atoms with Gasteiger partial charge in [0.2, 0.25) is 10.0 Å². The van der Waals surface area contributed by atoms with Crippen LogP contribution in [0.5, 0.6) is 0 Å². The van der Waals surface area contributed by atoms with Gasteiger partial charge in [0.25, 0.3) is 0 Å². The van der Waals surface area contributed by atoms with E-state index in [4.69, 9.17) is 0 Å². The number of nitrogens with one attached hydrogen (secondary N) is 1. The molecule has 0 atom stereocenters. The largest absolute Gasteiger partial charge is 0.332 e. The zero-order valence-corrected chi connectivity index (χ0v) is 15.7. The highest BCUT2D eigenvalue weighted by atomic mass is 32.2. The molecule has 0 radical (unpaired) electrons. The molecular formula is C19H22FN3O2S. The summed E-state index contributed by atoms with van der Waals surface area (Å²) < 4.78 is 42.9. The molecule has 5 nitrogen and oxygen atoms in total. The Balaban J connectivity index is 1.75. The number of fused-ring (bicyclic) bond motifs is 1. The van der Waals surface area contributed by atoms with Crippen molar-refractivity contribution in [3.63, 3.8) is 0 Å². The number of nitrogens with zero attached hydrogens (tertiary/aromatic N) is 2. The molecule has 2 aromatic heterocycles. The molecule has 0 aliphatic rings. The van der Waals surface area contributed by atoms with Gasteiger partial charge in [-0.2, -0.15) is 0 Å². The summed E-state index contributed by atoms with van der Waals surface area (Å²) in [7, 11) is -3.67. The van der Waals surface area contributed by atoms with Gasteiger partial charge in [0.05, 0.1) is 4.90 Å². The van der Waals surface area contributed by atoms with Crippen molar-refractivity contribution in [1.82, 2.24) is 14.3 Å². The van der Waals surface area contributed by atoms with E-state index in [1.54, 1.807) is 13.1 Å². The predicted molar refractivity (Wildman–Crippen MR) is 100 cm³/mol. The topological polar surface area (TPSA) is 64.0 Å². The van der Waals surface area contributed by atoms with Gasteiger partial charge in [0.1, 0.15) is 11.5 Å². The van der Waals surface area contributed by atoms with E-state index in [-0.39, 0.29) is 11.4 Å². The first kappa shape index (κ1) is 18.5. The standard InChI is InChI=1S/C19H22FN3O2S/c1-3-11-23-13-15(17-5-4-9-21-19(17)23)8-10-22-26(24,25)16-6-7-18(20)14(2)12-16/h4-7,9,12-13,22H,3,8,10-11H2,1-2H3. The number of rotatable bonds is 7. The predicted octanol–water partition coefficient (Wildman–Crippen LogP) is 3.41. The number of aromatic nitrogens is 2. The Labute approximate surface area is 152 Å². The van der Waals surface area contributed by atoms with E-state index in [1.807, 2.05) is 18.3 Å². The van der Waals surface area contributed by atoms with Crippen LogP contribution in [-0.2, 0) is 23.0 Å². The number of pyridine rings is 1. The Morgan fingerprint density at radius 3 is 2.81 bits per heavy atom. The molecule has 0 aliphatic carbocycles. The van der Waals surface area contributed by atoms with E-state index in [2.05, 4.69) is 21.2 Å². The fourth-order valence-corrected chi connectivity index (χ4v) is 4.11. The van der Waals surface area contributed by atoms with Crippen molar-refractivity contribution in [1.29, 1.82) is 0 Å². The highest BCUT2D eigenvalue weighted by Crippen LogP contribution is 2.20. The minimum Gasteiger partial charge on any atom is -0.332 e. The van der Waals surface area contributed by atoms with Crippen LogP contribution in [0.2, 0.25) is 0 Å². The van der Waals surface area contributed by atoms with E-state index in [1.165, 1.54) is 18.2 Å². The van der Waals surface area contributed by atoms with Crippen LogP contribution in [0.15, 0.2) is 47.6 Å². The van der Waals surface area contributed by atoms with Crippen molar-refractivity contribution in [2.75, 3.05) is 6.54 Å². The lowest BCUT2D eigenvalue weighted by Gasteiger charge is -2.07. The summed E-state index contributed by atoms with van der Waals surface area (Å²) in [4.78, 5) is 4.51. The summed E-state index contributed by atoms with van der Waals surface area (Å²) in [6.45, 7) is 4.78. The lowest BCUT2D eigenvalue weighted by Crippen LogP contribution is -2.26. The third-order valence-electron chi connectivity index (χ3n) is 4.31. The highest BCUT2D eigenvalue weighted by molar-refractivity contribution is 7.89. The molecule has 7 heteroatoms. The second-order valence-electron chi connectivity index (χ2n) is 6.28. The summed E-state index contributed by atoms with van der Waals surface area (Å²) in [6.07, 6.45) is 5.35. The third kappa shape index (κ3) is 3.78. The molecule has 3 aromatic rings. The van der Waals surface area contributed by atoms with E-state index < -0.39 is 15.8 Å². The van der Waals surface area contributed by atoms with Crippen LogP contribution in [0.3, 0.4) is 0 Å². The van der Waals surface area contributed by atoms with Crippen molar-refractivity contribution in [2.45, 2.75) is 38.1 Å². The summed E-state index contributed by atoms with van der Waals surface area (Å²) in [5, 5.41) is 1.04. The molecule has 0 aliphatic heterocycles. The van der Waals surface area contributed by atoms with Crippen LogP contribution in [0, 0.1) is 12.7 Å². The Morgan fingerprint density at radius 1 is 1.27 bits per heavy atom. The Bertz CT molecular complexity index is 1030. The summed E-state index contributed by atoms with van der Waals surface area (Å²) in [5.41, 5.74) is 2.28. The fraction of sp³-hybridized carbons (Fsp3) is 0.316. The highest BCUT2D eigenvalue weighted by Gasteiger charge is 2.16. The molecule has 3 rings (SSSR count). The molecule has 2 heterocycles. The zero-order chi connectivity index (χ0) is 18.7. The Kier molecular flexibility index (Phi) is 5.38. The molecule has 138 valence electrons. The molecule has 0 unspecified atom stereocenters. The summed E-state index contributed by atoms with van der Waals surface area (Å²) in [6, 6.07) is 7.68. The summed E-state index contributed by atoms with van der Waals surface area (Å²) >= 11 is 0. The Hall–Kier alpha value is -2.25. The van der Waals surface area contributed by atoms with Gasteiger partial charge in [-0.1, -0.05) is 6.92 Å². The van der Waals surface area contributed by atoms with Gasteiger partial charge in [-0.3, -0.25) is 0 Å². The molecular weight excluding hydrogens is 353 g/mol. The number of halogens is 1. The maximum Gasteiger partial charge on any atom is 0.240 e. The van der Waals surface area contributed by atoms with Gasteiger partial charge in [0.15, 0.2) is 0 Å². The van der Waals surface area contributed by atoms with E-state index >= 15 is 0 Å². The molecule has 1 N–H and O–H groups in total. The lowest BCUT2D eigenvalue weighted by molar-refractivity contribution is 0.580. The monoisotopic (exact) mass is 375 g/mol. The zero-order valence-electron chi connectivity index (χ0n) is 14.9. The van der Waals surface area contributed by atoms with Crippen molar-refractivity contribution in [3.05, 3.63) is 59.7 Å². The van der Waals surface area contributed by atoms with Gasteiger partial charge < -0.3 is 4.57 Å². The fourth-order valence-electron chi connectivity index (χ4n) is 2.99. The molecule has 26 heavy (non-hydrogen) atoms. The summed E-state index contributed by atoms with van der Waals surface area (Å²) in [5.74, 6) is -0.416. The minimum absolute atomic E-state index is 0.0754. The number of hydrogen-bond donors (Lipinski definition) is 1. The molecule has 0 saturated heterocycles. The number of aryl methyl sites for hydroxylation is 2. The van der Waals surface area contributed by atoms with Crippen LogP contribution < -0.4 is 4.72 Å². The van der Waals surface area contributed by atoms with Gasteiger partial charge >= 0.3 is 0 Å². The number of hydrogen-bond acceptors (Lipinski definition) is 3. The minimum atomic E-state index is -3.67. The lowest BCUT2D eigenvalue weighted by atomic mass is 10.2. The average molecular weight is 375 g/mol. The van der Waals surface area contributed by atoms with Gasteiger partial charge in [-0.25, -0.2) is 22.5 Å². The molecule has 0 spiro atoms. The maximum atomic E-state index is 13.4. The third-order valence-corrected chi connectivity index (χ3v) is 5.77. The van der Waals surface area contributed by atoms with Crippen molar-refractivity contribution in [3.8, 4) is 0 Å². The maximum absolute atomic E-state index is 13.4.